The molecule has 1 aliphatic heterocycles. The van der Waals surface area contributed by atoms with Crippen molar-refractivity contribution in [2.45, 2.75) is 587 Å². The number of nitrogens with zero attached hydrogens (tertiary/aromatic N) is 1. The highest BCUT2D eigenvalue weighted by molar-refractivity contribution is 6.15. The Morgan fingerprint density at radius 1 is 0.200 bits per heavy atom. The highest BCUT2D eigenvalue weighted by Crippen LogP contribution is 2.33. The average molecular weight is 1520 g/mol. The lowest BCUT2D eigenvalue weighted by atomic mass is 9.93. The van der Waals surface area contributed by atoms with E-state index in [9.17, 15) is 5.84 Å². The van der Waals surface area contributed by atoms with E-state index in [0.717, 1.165) is 49.9 Å². The SMILES string of the molecule is CCCC=C1C=C(c2cc(CCCCCCCCCCCCCCCCCCCCCC)cc(CCCCCCCCCCCCCCCCCCCCCC)c2)[N+]([NH-])=C1c1cc(CCCCCCCCCCCCCCCCCCCCCC)cc(CCCCCCCCCCCCCCCCCCCCCC)c1. The Hall–Kier alpha value is -2.61. The Balaban J connectivity index is 1.63. The second-order valence-corrected chi connectivity index (χ2v) is 36.6. The molecule has 0 saturated heterocycles. The van der Waals surface area contributed by atoms with Gasteiger partial charge < -0.3 is 5.84 Å². The van der Waals surface area contributed by atoms with Crippen LogP contribution in [0.5, 0.6) is 0 Å². The van der Waals surface area contributed by atoms with Crippen molar-refractivity contribution in [2.24, 2.45) is 0 Å². The minimum atomic E-state index is 1.05. The molecule has 0 aliphatic carbocycles. The molecule has 1 N–H and O–H groups in total. The van der Waals surface area contributed by atoms with Crippen molar-refractivity contribution < 1.29 is 4.68 Å². The number of rotatable bonds is 88. The van der Waals surface area contributed by atoms with Crippen LogP contribution in [0.1, 0.15) is 595 Å². The van der Waals surface area contributed by atoms with Crippen molar-refractivity contribution in [1.29, 1.82) is 0 Å². The van der Waals surface area contributed by atoms with Crippen LogP contribution in [0.2, 0.25) is 0 Å². The zero-order valence-electron chi connectivity index (χ0n) is 75.9. The summed E-state index contributed by atoms with van der Waals surface area (Å²) >= 11 is 0. The van der Waals surface area contributed by atoms with E-state index in [2.05, 4.69) is 83.2 Å². The van der Waals surface area contributed by atoms with Gasteiger partial charge in [0.1, 0.15) is 0 Å². The average Bonchev–Trinajstić information content (AvgIpc) is 1.63. The lowest BCUT2D eigenvalue weighted by molar-refractivity contribution is -0.347. The number of benzene rings is 2. The molecule has 2 aromatic carbocycles. The molecule has 1 heterocycles. The van der Waals surface area contributed by atoms with Crippen LogP contribution in [0.3, 0.4) is 0 Å². The van der Waals surface area contributed by atoms with Crippen LogP contribution in [0.15, 0.2) is 54.1 Å². The second kappa shape index (κ2) is 80.2. The number of hydrogen-bond donors (Lipinski definition) is 0. The topological polar surface area (TPSA) is 26.8 Å². The van der Waals surface area contributed by atoms with Crippen LogP contribution in [0, 0.1) is 0 Å². The summed E-state index contributed by atoms with van der Waals surface area (Å²) in [5.74, 6) is 10.3. The molecule has 0 bridgehead atoms. The summed E-state index contributed by atoms with van der Waals surface area (Å²) in [7, 11) is 0. The first kappa shape index (κ1) is 102. The number of aryl methyl sites for hydroxylation is 4. The highest BCUT2D eigenvalue weighted by Gasteiger charge is 2.29. The Morgan fingerprint density at radius 2 is 0.364 bits per heavy atom. The van der Waals surface area contributed by atoms with Gasteiger partial charge in [0, 0.05) is 22.8 Å². The van der Waals surface area contributed by atoms with Crippen molar-refractivity contribution >= 4 is 11.4 Å². The maximum absolute atomic E-state index is 10.3. The summed E-state index contributed by atoms with van der Waals surface area (Å²) in [6.07, 6.45) is 126. The number of unbranched alkanes of at least 4 members (excludes halogenated alkanes) is 77. The van der Waals surface area contributed by atoms with Crippen LogP contribution in [-0.2, 0) is 25.7 Å². The van der Waals surface area contributed by atoms with Gasteiger partial charge in [-0.3, -0.25) is 0 Å². The highest BCUT2D eigenvalue weighted by atomic mass is 15.3. The fourth-order valence-corrected chi connectivity index (χ4v) is 18.2. The molecule has 638 valence electrons. The van der Waals surface area contributed by atoms with Gasteiger partial charge in [-0.1, -0.05) is 547 Å². The van der Waals surface area contributed by atoms with Crippen molar-refractivity contribution in [3.8, 4) is 0 Å². The first-order valence-corrected chi connectivity index (χ1v) is 51.6. The van der Waals surface area contributed by atoms with Gasteiger partial charge in [0.15, 0.2) is 0 Å². The Morgan fingerprint density at radius 3 is 0.536 bits per heavy atom. The number of allylic oxidation sites excluding steroid dienone is 3. The molecule has 0 radical (unpaired) electrons. The summed E-state index contributed by atoms with van der Waals surface area (Å²) in [6.45, 7) is 11.6. The molecule has 0 atom stereocenters. The van der Waals surface area contributed by atoms with Gasteiger partial charge in [0.2, 0.25) is 11.4 Å². The van der Waals surface area contributed by atoms with Crippen LogP contribution in [0.25, 0.3) is 11.5 Å². The van der Waals surface area contributed by atoms with E-state index in [1.54, 1.807) is 0 Å². The van der Waals surface area contributed by atoms with E-state index in [4.69, 9.17) is 0 Å². The molecule has 0 amide bonds. The molecule has 0 spiro atoms. The molecule has 0 fully saturated rings. The summed E-state index contributed by atoms with van der Waals surface area (Å²) < 4.78 is 1.90. The fraction of sp³-hybridized carbons (Fsp3) is 0.843. The van der Waals surface area contributed by atoms with E-state index in [1.165, 1.54) is 553 Å². The minimum absolute atomic E-state index is 1.05. The van der Waals surface area contributed by atoms with E-state index in [1.807, 2.05) is 4.68 Å². The molecule has 2 heteroatoms. The van der Waals surface area contributed by atoms with Crippen LogP contribution < -0.4 is 0 Å². The van der Waals surface area contributed by atoms with E-state index in [0.29, 0.717) is 0 Å². The zero-order chi connectivity index (χ0) is 78.2. The molecule has 2 aromatic rings. The molecule has 0 saturated carbocycles. The monoisotopic (exact) mass is 1520 g/mol. The maximum Gasteiger partial charge on any atom is 0.215 e. The molecular weight excluding hydrogens is 1330 g/mol. The molecule has 2 nitrogen and oxygen atoms in total. The van der Waals surface area contributed by atoms with Crippen LogP contribution >= 0.6 is 0 Å². The van der Waals surface area contributed by atoms with Crippen molar-refractivity contribution in [2.75, 3.05) is 0 Å². The first-order valence-electron chi connectivity index (χ1n) is 51.6. The van der Waals surface area contributed by atoms with E-state index in [-0.39, 0.29) is 0 Å². The quantitative estimate of drug-likeness (QED) is 0.0466. The normalized spacial score (nSPS) is 12.9. The molecule has 1 aliphatic rings. The Kier molecular flexibility index (Phi) is 74.1. The van der Waals surface area contributed by atoms with Gasteiger partial charge in [0.05, 0.1) is 0 Å². The van der Waals surface area contributed by atoms with Gasteiger partial charge in [-0.15, -0.1) is 0 Å². The van der Waals surface area contributed by atoms with Gasteiger partial charge in [-0.25, -0.2) is 4.68 Å². The van der Waals surface area contributed by atoms with Gasteiger partial charge >= 0.3 is 0 Å². The van der Waals surface area contributed by atoms with Crippen LogP contribution in [0.4, 0.5) is 0 Å². The predicted octanol–water partition coefficient (Wildman–Crippen LogP) is 38.7. The van der Waals surface area contributed by atoms with Crippen molar-refractivity contribution in [1.82, 2.24) is 0 Å². The lowest BCUT2D eigenvalue weighted by Crippen LogP contribution is -2.13. The van der Waals surface area contributed by atoms with E-state index >= 15 is 0 Å². The smallest absolute Gasteiger partial charge is 0.215 e. The summed E-state index contributed by atoms with van der Waals surface area (Å²) in [6, 6.07) is 15.3. The second-order valence-electron chi connectivity index (χ2n) is 36.6. The van der Waals surface area contributed by atoms with Gasteiger partial charge in [-0.2, -0.15) is 0 Å². The summed E-state index contributed by atoms with van der Waals surface area (Å²) in [4.78, 5) is 0. The minimum Gasteiger partial charge on any atom is -0.448 e. The summed E-state index contributed by atoms with van der Waals surface area (Å²) in [5, 5.41) is 0. The van der Waals surface area contributed by atoms with E-state index < -0.39 is 0 Å². The number of nitrogens with one attached hydrogen (secondary N) is 1. The molecule has 3 rings (SSSR count). The Labute approximate surface area is 692 Å². The lowest BCUT2D eigenvalue weighted by Gasteiger charge is -2.14. The largest absolute Gasteiger partial charge is 0.448 e. The molecule has 0 unspecified atom stereocenters. The maximum atomic E-state index is 10.3. The fourth-order valence-electron chi connectivity index (χ4n) is 18.2. The zero-order valence-corrected chi connectivity index (χ0v) is 75.9. The predicted molar refractivity (Wildman–Crippen MR) is 499 cm³/mol. The van der Waals surface area contributed by atoms with Gasteiger partial charge in [-0.05, 0) is 104 Å². The molecular formula is C108H196N2. The van der Waals surface area contributed by atoms with Gasteiger partial charge in [0.25, 0.3) is 0 Å². The summed E-state index contributed by atoms with van der Waals surface area (Å²) in [5.41, 5.74) is 12.1. The Bertz CT molecular complexity index is 2220. The molecule has 110 heavy (non-hydrogen) atoms. The van der Waals surface area contributed by atoms with Crippen molar-refractivity contribution in [3.05, 3.63) is 93.3 Å². The third-order valence-electron chi connectivity index (χ3n) is 25.6. The third kappa shape index (κ3) is 60.8. The number of hydrogen-bond acceptors (Lipinski definition) is 0. The molecule has 0 aromatic heterocycles. The van der Waals surface area contributed by atoms with Crippen molar-refractivity contribution in [3.63, 3.8) is 0 Å². The third-order valence-corrected chi connectivity index (χ3v) is 25.6. The van der Waals surface area contributed by atoms with Crippen LogP contribution in [-0.4, -0.2) is 10.4 Å². The first-order chi connectivity index (χ1) is 54.5. The standard InChI is InChI=1S/C108H196N2/c1-6-11-16-20-24-28-32-36-40-44-48-52-56-60-64-68-72-76-80-84-88-100-93-101(89-85-81-77-73-69-65-61-57-53-49-45-41-37-33-29-25-21-17-12-7-2)96-105(95-100)107-99-104(92-15-10-5)108(110(107)109)106-97-102(90-86-82-78-74-70-66-62-58-54-50-46-42-38-34-30-26-22-18-13-8-3)94-103(98-106)91-87-83-79-75-71-67-63-59-55-51-47-43-39-35-31-27-23-19-14-9-4/h92-99,109H,6-91H2,1-5H3.